The highest BCUT2D eigenvalue weighted by Crippen LogP contribution is 2.23. The first-order valence-electron chi connectivity index (χ1n) is 11.4. The van der Waals surface area contributed by atoms with Gasteiger partial charge in [-0.2, -0.15) is 0 Å². The van der Waals surface area contributed by atoms with Gasteiger partial charge in [-0.3, -0.25) is 9.36 Å². The van der Waals surface area contributed by atoms with E-state index in [1.807, 2.05) is 54.6 Å². The highest BCUT2D eigenvalue weighted by atomic mass is 32.2. The molecule has 1 heterocycles. The van der Waals surface area contributed by atoms with Gasteiger partial charge >= 0.3 is 0 Å². The second-order valence-corrected chi connectivity index (χ2v) is 10.2. The van der Waals surface area contributed by atoms with E-state index >= 15 is 0 Å². The number of carbonyl (C=O) groups is 1. The highest BCUT2D eigenvalue weighted by Gasteiger charge is 2.27. The Morgan fingerprint density at radius 3 is 2.38 bits per heavy atom. The molecular formula is C26H26N4O3S. The molecule has 1 amide bonds. The lowest BCUT2D eigenvalue weighted by molar-refractivity contribution is -0.121. The Labute approximate surface area is 198 Å². The van der Waals surface area contributed by atoms with Crippen molar-refractivity contribution in [1.82, 2.24) is 19.6 Å². The van der Waals surface area contributed by atoms with Crippen LogP contribution in [0.2, 0.25) is 0 Å². The van der Waals surface area contributed by atoms with Crippen LogP contribution in [0.1, 0.15) is 30.7 Å². The zero-order valence-electron chi connectivity index (χ0n) is 18.6. The van der Waals surface area contributed by atoms with Crippen LogP contribution in [-0.2, 0) is 27.8 Å². The summed E-state index contributed by atoms with van der Waals surface area (Å²) in [5, 5.41) is 2.92. The summed E-state index contributed by atoms with van der Waals surface area (Å²) in [7, 11) is -3.47. The van der Waals surface area contributed by atoms with Gasteiger partial charge < -0.3 is 5.32 Å². The van der Waals surface area contributed by atoms with Crippen molar-refractivity contribution in [3.05, 3.63) is 90.3 Å². The number of aryl methyl sites for hydroxylation is 1. The zero-order chi connectivity index (χ0) is 23.5. The van der Waals surface area contributed by atoms with Crippen LogP contribution in [0.25, 0.3) is 16.7 Å². The van der Waals surface area contributed by atoms with Crippen LogP contribution in [0, 0.1) is 0 Å². The Kier molecular flexibility index (Phi) is 6.17. The molecule has 34 heavy (non-hydrogen) atoms. The average Bonchev–Trinajstić information content (AvgIpc) is 3.58. The summed E-state index contributed by atoms with van der Waals surface area (Å²) < 4.78 is 29.3. The third-order valence-corrected chi connectivity index (χ3v) is 7.38. The van der Waals surface area contributed by atoms with Crippen molar-refractivity contribution in [2.45, 2.75) is 43.2 Å². The molecule has 1 aliphatic carbocycles. The molecule has 174 valence electrons. The van der Waals surface area contributed by atoms with E-state index in [1.54, 1.807) is 24.3 Å². The number of rotatable bonds is 9. The second kappa shape index (κ2) is 9.40. The first-order chi connectivity index (χ1) is 16.5. The number of sulfonamides is 1. The van der Waals surface area contributed by atoms with Crippen LogP contribution in [0.3, 0.4) is 0 Å². The van der Waals surface area contributed by atoms with E-state index in [2.05, 4.69) is 14.6 Å². The molecule has 0 atom stereocenters. The molecule has 3 aromatic carbocycles. The summed E-state index contributed by atoms with van der Waals surface area (Å²) in [6, 6.07) is 24.6. The Hall–Kier alpha value is -3.49. The molecule has 4 aromatic rings. The van der Waals surface area contributed by atoms with Gasteiger partial charge in [-0.15, -0.1) is 0 Å². The number of amides is 1. The maximum absolute atomic E-state index is 12.6. The maximum atomic E-state index is 12.6. The van der Waals surface area contributed by atoms with E-state index in [0.717, 1.165) is 41.0 Å². The number of carbonyl (C=O) groups excluding carboxylic acids is 1. The smallest absolute Gasteiger partial charge is 0.240 e. The average molecular weight is 475 g/mol. The molecule has 1 saturated carbocycles. The first-order valence-corrected chi connectivity index (χ1v) is 12.9. The van der Waals surface area contributed by atoms with Gasteiger partial charge in [0.1, 0.15) is 5.82 Å². The summed E-state index contributed by atoms with van der Waals surface area (Å²) in [5.74, 6) is 0.749. The molecule has 2 N–H and O–H groups in total. The minimum atomic E-state index is -3.47. The molecule has 0 radical (unpaired) electrons. The van der Waals surface area contributed by atoms with Crippen LogP contribution in [0.5, 0.6) is 0 Å². The molecule has 0 spiro atoms. The lowest BCUT2D eigenvalue weighted by Gasteiger charge is -2.10. The number of nitrogens with zero attached hydrogens (tertiary/aromatic N) is 2. The van der Waals surface area contributed by atoms with Crippen molar-refractivity contribution in [2.75, 3.05) is 0 Å². The minimum Gasteiger partial charge on any atom is -0.352 e. The quantitative estimate of drug-likeness (QED) is 0.387. The number of imidazole rings is 1. The predicted molar refractivity (Wildman–Crippen MR) is 131 cm³/mol. The lowest BCUT2D eigenvalue weighted by atomic mass is 10.2. The Balaban J connectivity index is 1.22. The molecule has 0 bridgehead atoms. The molecular weight excluding hydrogens is 448 g/mol. The third kappa shape index (κ3) is 5.03. The van der Waals surface area contributed by atoms with Gasteiger partial charge in [0.2, 0.25) is 15.9 Å². The largest absolute Gasteiger partial charge is 0.352 e. The van der Waals surface area contributed by atoms with Crippen molar-refractivity contribution in [3.8, 4) is 5.69 Å². The summed E-state index contributed by atoms with van der Waals surface area (Å²) in [6.45, 7) is 0.338. The van der Waals surface area contributed by atoms with Gasteiger partial charge in [-0.1, -0.05) is 42.5 Å². The molecule has 1 aromatic heterocycles. The van der Waals surface area contributed by atoms with E-state index in [-0.39, 0.29) is 16.8 Å². The molecule has 8 heteroatoms. The van der Waals surface area contributed by atoms with Crippen molar-refractivity contribution in [2.24, 2.45) is 0 Å². The van der Waals surface area contributed by atoms with E-state index in [4.69, 9.17) is 4.98 Å². The minimum absolute atomic E-state index is 0.0686. The summed E-state index contributed by atoms with van der Waals surface area (Å²) in [5.41, 5.74) is 3.76. The van der Waals surface area contributed by atoms with E-state index < -0.39 is 10.0 Å². The van der Waals surface area contributed by atoms with Gasteiger partial charge in [0.25, 0.3) is 0 Å². The van der Waals surface area contributed by atoms with Crippen molar-refractivity contribution in [3.63, 3.8) is 0 Å². The highest BCUT2D eigenvalue weighted by molar-refractivity contribution is 7.89. The SMILES string of the molecule is O=C(CCc1nc2ccccc2n1-c1ccccc1)NCc1ccc(S(=O)(=O)NC2CC2)cc1. The normalized spacial score (nSPS) is 13.8. The summed E-state index contributed by atoms with van der Waals surface area (Å²) in [6.07, 6.45) is 2.59. The van der Waals surface area contributed by atoms with Gasteiger partial charge in [0, 0.05) is 31.1 Å². The van der Waals surface area contributed by atoms with Crippen LogP contribution < -0.4 is 10.0 Å². The summed E-state index contributed by atoms with van der Waals surface area (Å²) >= 11 is 0. The number of benzene rings is 3. The predicted octanol–water partition coefficient (Wildman–Crippen LogP) is 3.72. The van der Waals surface area contributed by atoms with Crippen LogP contribution >= 0.6 is 0 Å². The van der Waals surface area contributed by atoms with E-state index in [1.165, 1.54) is 0 Å². The van der Waals surface area contributed by atoms with E-state index in [9.17, 15) is 13.2 Å². The van der Waals surface area contributed by atoms with Crippen molar-refractivity contribution in [1.29, 1.82) is 0 Å². The number of hydrogen-bond donors (Lipinski definition) is 2. The summed E-state index contributed by atoms with van der Waals surface area (Å²) in [4.78, 5) is 17.6. The van der Waals surface area contributed by atoms with Gasteiger partial charge in [-0.05, 0) is 54.8 Å². The third-order valence-electron chi connectivity index (χ3n) is 5.84. The topological polar surface area (TPSA) is 93.1 Å². The molecule has 7 nitrogen and oxygen atoms in total. The van der Waals surface area contributed by atoms with Crippen molar-refractivity contribution >= 4 is 27.0 Å². The number of nitrogens with one attached hydrogen (secondary N) is 2. The molecule has 1 fully saturated rings. The van der Waals surface area contributed by atoms with Crippen molar-refractivity contribution < 1.29 is 13.2 Å². The Morgan fingerprint density at radius 2 is 1.65 bits per heavy atom. The molecule has 1 aliphatic rings. The fourth-order valence-electron chi connectivity index (χ4n) is 3.90. The van der Waals surface area contributed by atoms with Crippen LogP contribution in [-0.4, -0.2) is 29.9 Å². The molecule has 5 rings (SSSR count). The van der Waals surface area contributed by atoms with Gasteiger partial charge in [-0.25, -0.2) is 18.1 Å². The van der Waals surface area contributed by atoms with E-state index in [0.29, 0.717) is 19.4 Å². The zero-order valence-corrected chi connectivity index (χ0v) is 19.5. The first kappa shape index (κ1) is 22.3. The van der Waals surface area contributed by atoms with Crippen LogP contribution in [0.15, 0.2) is 83.8 Å². The Bertz CT molecular complexity index is 1410. The second-order valence-electron chi connectivity index (χ2n) is 8.50. The molecule has 0 aliphatic heterocycles. The Morgan fingerprint density at radius 1 is 0.941 bits per heavy atom. The number of para-hydroxylation sites is 3. The number of aromatic nitrogens is 2. The monoisotopic (exact) mass is 474 g/mol. The van der Waals surface area contributed by atoms with Gasteiger partial charge in [0.05, 0.1) is 15.9 Å². The fourth-order valence-corrected chi connectivity index (χ4v) is 5.20. The number of hydrogen-bond acceptors (Lipinski definition) is 4. The lowest BCUT2D eigenvalue weighted by Crippen LogP contribution is -2.26. The maximum Gasteiger partial charge on any atom is 0.240 e. The van der Waals surface area contributed by atoms with Crippen LogP contribution in [0.4, 0.5) is 0 Å². The molecule has 0 unspecified atom stereocenters. The number of fused-ring (bicyclic) bond motifs is 1. The standard InChI is InChI=1S/C26H26N4O3S/c31-26(27-18-19-10-14-22(15-11-19)34(32,33)29-20-12-13-20)17-16-25-28-23-8-4-5-9-24(23)30(25)21-6-2-1-3-7-21/h1-11,14-15,20,29H,12-13,16-18H2,(H,27,31). The van der Waals surface area contributed by atoms with Gasteiger partial charge in [0.15, 0.2) is 0 Å². The fraction of sp³-hybridized carbons (Fsp3) is 0.231. The molecule has 0 saturated heterocycles.